The molecule has 0 spiro atoms. The zero-order valence-electron chi connectivity index (χ0n) is 22.7. The van der Waals surface area contributed by atoms with E-state index >= 15 is 0 Å². The summed E-state index contributed by atoms with van der Waals surface area (Å²) >= 11 is 4.74. The van der Waals surface area contributed by atoms with E-state index in [1.165, 1.54) is 11.3 Å². The van der Waals surface area contributed by atoms with Crippen molar-refractivity contribution in [3.05, 3.63) is 138 Å². The monoisotopic (exact) mass is 640 g/mol. The number of thiazole rings is 1. The summed E-state index contributed by atoms with van der Waals surface area (Å²) in [5.74, 6) is 1.28. The highest BCUT2D eigenvalue weighted by Crippen LogP contribution is 2.36. The van der Waals surface area contributed by atoms with Gasteiger partial charge in [-0.05, 0) is 48.9 Å². The first-order valence-electron chi connectivity index (χ1n) is 13.2. The lowest BCUT2D eigenvalue weighted by Crippen LogP contribution is -2.40. The molecule has 6 rings (SSSR count). The minimum atomic E-state index is -0.790. The fourth-order valence-electron chi connectivity index (χ4n) is 4.92. The number of carbonyl (C=O) groups is 1. The minimum absolute atomic E-state index is 0.179. The molecular weight excluding hydrogens is 616 g/mol. The number of methoxy groups -OCH3 is 1. The molecule has 0 N–H and O–H groups in total. The third-order valence-corrected chi connectivity index (χ3v) is 8.27. The first kappa shape index (κ1) is 27.7. The van der Waals surface area contributed by atoms with E-state index in [9.17, 15) is 9.59 Å². The number of furan rings is 1. The summed E-state index contributed by atoms with van der Waals surface area (Å²) in [5, 5.41) is 0. The Balaban J connectivity index is 1.57. The SMILES string of the molecule is CCOC(=O)C1=C(c2ccccc2)N=c2s/c(=C\c3ccc(-c4cccc(Br)c4)o3)c(=O)n2C1c1cccc(OC)c1. The van der Waals surface area contributed by atoms with E-state index in [4.69, 9.17) is 18.9 Å². The lowest BCUT2D eigenvalue weighted by Gasteiger charge is -2.26. The van der Waals surface area contributed by atoms with E-state index in [-0.39, 0.29) is 17.7 Å². The molecule has 9 heteroatoms. The quantitative estimate of drug-likeness (QED) is 0.205. The molecule has 1 atom stereocenters. The van der Waals surface area contributed by atoms with Crippen molar-refractivity contribution < 1.29 is 18.7 Å². The molecule has 0 bridgehead atoms. The van der Waals surface area contributed by atoms with Crippen LogP contribution in [-0.2, 0) is 9.53 Å². The molecule has 1 aliphatic rings. The van der Waals surface area contributed by atoms with Gasteiger partial charge in [0.25, 0.3) is 5.56 Å². The summed E-state index contributed by atoms with van der Waals surface area (Å²) in [6, 6.07) is 27.5. The Morgan fingerprint density at radius 1 is 1.02 bits per heavy atom. The Morgan fingerprint density at radius 3 is 2.57 bits per heavy atom. The van der Waals surface area contributed by atoms with Crippen LogP contribution in [0.25, 0.3) is 23.1 Å². The second kappa shape index (κ2) is 11.8. The summed E-state index contributed by atoms with van der Waals surface area (Å²) < 4.78 is 20.0. The molecule has 0 amide bonds. The third kappa shape index (κ3) is 5.29. The van der Waals surface area contributed by atoms with E-state index < -0.39 is 12.0 Å². The lowest BCUT2D eigenvalue weighted by atomic mass is 9.93. The zero-order chi connectivity index (χ0) is 29.2. The van der Waals surface area contributed by atoms with Crippen molar-refractivity contribution in [1.29, 1.82) is 0 Å². The Morgan fingerprint density at radius 2 is 1.81 bits per heavy atom. The van der Waals surface area contributed by atoms with Crippen molar-refractivity contribution in [3.63, 3.8) is 0 Å². The summed E-state index contributed by atoms with van der Waals surface area (Å²) in [4.78, 5) is 33.0. The molecule has 1 aliphatic heterocycles. The van der Waals surface area contributed by atoms with Crippen molar-refractivity contribution in [2.45, 2.75) is 13.0 Å². The predicted octanol–water partition coefficient (Wildman–Crippen LogP) is 5.97. The maximum Gasteiger partial charge on any atom is 0.338 e. The number of rotatable bonds is 7. The van der Waals surface area contributed by atoms with Gasteiger partial charge in [-0.25, -0.2) is 9.79 Å². The number of esters is 1. The highest BCUT2D eigenvalue weighted by molar-refractivity contribution is 9.10. The average Bonchev–Trinajstić information content (AvgIpc) is 3.61. The zero-order valence-corrected chi connectivity index (χ0v) is 25.1. The second-order valence-electron chi connectivity index (χ2n) is 9.42. The van der Waals surface area contributed by atoms with Gasteiger partial charge >= 0.3 is 5.97 Å². The van der Waals surface area contributed by atoms with Crippen LogP contribution < -0.4 is 19.6 Å². The van der Waals surface area contributed by atoms with Crippen LogP contribution in [0.4, 0.5) is 0 Å². The highest BCUT2D eigenvalue weighted by Gasteiger charge is 2.35. The normalized spacial score (nSPS) is 14.8. The maximum atomic E-state index is 14.1. The highest BCUT2D eigenvalue weighted by atomic mass is 79.9. The van der Waals surface area contributed by atoms with Gasteiger partial charge in [-0.2, -0.15) is 0 Å². The number of ether oxygens (including phenoxy) is 2. The maximum absolute atomic E-state index is 14.1. The number of halogens is 1. The molecule has 0 radical (unpaired) electrons. The Hall–Kier alpha value is -4.47. The van der Waals surface area contributed by atoms with Gasteiger partial charge in [0.15, 0.2) is 4.80 Å². The lowest BCUT2D eigenvalue weighted by molar-refractivity contribution is -0.138. The van der Waals surface area contributed by atoms with Crippen molar-refractivity contribution in [2.75, 3.05) is 13.7 Å². The number of fused-ring (bicyclic) bond motifs is 1. The van der Waals surface area contributed by atoms with Crippen molar-refractivity contribution in [2.24, 2.45) is 4.99 Å². The Kier molecular flexibility index (Phi) is 7.78. The van der Waals surface area contributed by atoms with Crippen LogP contribution in [0.5, 0.6) is 5.75 Å². The smallest absolute Gasteiger partial charge is 0.338 e. The van der Waals surface area contributed by atoms with Crippen molar-refractivity contribution in [1.82, 2.24) is 4.57 Å². The molecule has 2 aromatic heterocycles. The van der Waals surface area contributed by atoms with Crippen molar-refractivity contribution in [3.8, 4) is 17.1 Å². The molecule has 7 nitrogen and oxygen atoms in total. The molecule has 42 heavy (non-hydrogen) atoms. The molecule has 210 valence electrons. The molecule has 0 saturated heterocycles. The summed E-state index contributed by atoms with van der Waals surface area (Å²) in [7, 11) is 1.58. The minimum Gasteiger partial charge on any atom is -0.497 e. The summed E-state index contributed by atoms with van der Waals surface area (Å²) in [6.45, 7) is 1.93. The average molecular weight is 642 g/mol. The number of hydrogen-bond acceptors (Lipinski definition) is 7. The number of aromatic nitrogens is 1. The van der Waals surface area contributed by atoms with Crippen molar-refractivity contribution >= 4 is 45.0 Å². The van der Waals surface area contributed by atoms with E-state index in [1.54, 1.807) is 24.7 Å². The fraction of sp³-hybridized carbons (Fsp3) is 0.121. The number of carbonyl (C=O) groups excluding carboxylic acids is 1. The van der Waals surface area contributed by atoms with Gasteiger partial charge in [0.1, 0.15) is 17.3 Å². The van der Waals surface area contributed by atoms with Gasteiger partial charge in [-0.1, -0.05) is 81.9 Å². The molecule has 0 aliphatic carbocycles. The molecule has 5 aromatic rings. The van der Waals surface area contributed by atoms with Crippen LogP contribution in [-0.4, -0.2) is 24.3 Å². The number of hydrogen-bond donors (Lipinski definition) is 0. The van der Waals surface area contributed by atoms with Crippen LogP contribution in [0.1, 0.15) is 29.9 Å². The van der Waals surface area contributed by atoms with Crippen LogP contribution >= 0.6 is 27.3 Å². The molecule has 1 unspecified atom stereocenters. The van der Waals surface area contributed by atoms with Crippen LogP contribution in [0.3, 0.4) is 0 Å². The summed E-state index contributed by atoms with van der Waals surface area (Å²) in [6.07, 6.45) is 1.71. The Bertz CT molecular complexity index is 2010. The van der Waals surface area contributed by atoms with Gasteiger partial charge in [-0.15, -0.1) is 0 Å². The topological polar surface area (TPSA) is 83.0 Å². The third-order valence-electron chi connectivity index (χ3n) is 6.79. The van der Waals surface area contributed by atoms with E-state index in [0.717, 1.165) is 15.6 Å². The first-order valence-corrected chi connectivity index (χ1v) is 14.9. The van der Waals surface area contributed by atoms with Gasteiger partial charge in [-0.3, -0.25) is 9.36 Å². The molecule has 0 saturated carbocycles. The van der Waals surface area contributed by atoms with E-state index in [1.807, 2.05) is 91.0 Å². The van der Waals surface area contributed by atoms with Gasteiger partial charge < -0.3 is 13.9 Å². The molecule has 3 aromatic carbocycles. The second-order valence-corrected chi connectivity index (χ2v) is 11.3. The van der Waals surface area contributed by atoms with Crippen LogP contribution in [0.2, 0.25) is 0 Å². The molecule has 0 fully saturated rings. The largest absolute Gasteiger partial charge is 0.497 e. The van der Waals surface area contributed by atoms with Gasteiger partial charge in [0.2, 0.25) is 0 Å². The Labute approximate surface area is 253 Å². The van der Waals surface area contributed by atoms with Crippen LogP contribution in [0.15, 0.2) is 115 Å². The standard InChI is InChI=1S/C33H25BrN2O5S/c1-3-40-32(38)28-29(20-9-5-4-6-10-20)35-33-36(30(28)22-12-8-14-24(18-22)39-2)31(37)27(42-33)19-25-15-16-26(41-25)21-11-7-13-23(34)17-21/h4-19,30H,3H2,1-2H3/b27-19-. The van der Waals surface area contributed by atoms with Crippen LogP contribution in [0, 0.1) is 0 Å². The first-order chi connectivity index (χ1) is 20.5. The fourth-order valence-corrected chi connectivity index (χ4v) is 6.30. The van der Waals surface area contributed by atoms with Gasteiger partial charge in [0.05, 0.1) is 35.6 Å². The summed E-state index contributed by atoms with van der Waals surface area (Å²) in [5.41, 5.74) is 2.81. The van der Waals surface area contributed by atoms with Gasteiger partial charge in [0, 0.05) is 21.7 Å². The predicted molar refractivity (Wildman–Crippen MR) is 166 cm³/mol. The number of nitrogens with zero attached hydrogens (tertiary/aromatic N) is 2. The molecular formula is C33H25BrN2O5S. The molecule has 3 heterocycles. The number of benzene rings is 3. The van der Waals surface area contributed by atoms with E-state index in [0.29, 0.717) is 37.9 Å². The van der Waals surface area contributed by atoms with E-state index in [2.05, 4.69) is 15.9 Å².